The Morgan fingerprint density at radius 3 is 2.24 bits per heavy atom. The first-order valence-electron chi connectivity index (χ1n) is 6.08. The maximum Gasteiger partial charge on any atom is 0.417 e. The second-order valence-corrected chi connectivity index (χ2v) is 5.89. The molecule has 1 N–H and O–H groups in total. The van der Waals surface area contributed by atoms with Crippen LogP contribution in [0.15, 0.2) is 16.7 Å². The van der Waals surface area contributed by atoms with Crippen molar-refractivity contribution in [2.24, 2.45) is 5.41 Å². The molecule has 0 aliphatic heterocycles. The lowest BCUT2D eigenvalue weighted by molar-refractivity contribution is -0.244. The van der Waals surface area contributed by atoms with Gasteiger partial charge in [0.2, 0.25) is 0 Å². The van der Waals surface area contributed by atoms with Crippen molar-refractivity contribution in [2.45, 2.75) is 31.6 Å². The minimum absolute atomic E-state index is 0.0217. The third-order valence-corrected chi connectivity index (χ3v) is 4.31. The third-order valence-electron chi connectivity index (χ3n) is 3.68. The second-order valence-electron chi connectivity index (χ2n) is 5.03. The molecule has 0 amide bonds. The molecule has 0 spiro atoms. The van der Waals surface area contributed by atoms with E-state index in [1.54, 1.807) is 0 Å². The molecule has 21 heavy (non-hydrogen) atoms. The molecule has 1 aliphatic rings. The van der Waals surface area contributed by atoms with Crippen LogP contribution in [0.5, 0.6) is 0 Å². The molecule has 9 heteroatoms. The predicted molar refractivity (Wildman–Crippen MR) is 67.8 cm³/mol. The second kappa shape index (κ2) is 5.33. The van der Waals surface area contributed by atoms with Gasteiger partial charge in [-0.15, -0.1) is 0 Å². The highest BCUT2D eigenvalue weighted by Crippen LogP contribution is 2.52. The quantitative estimate of drug-likeness (QED) is 0.750. The minimum atomic E-state index is -4.60. The smallest absolute Gasteiger partial charge is 0.369 e. The van der Waals surface area contributed by atoms with Gasteiger partial charge in [0.1, 0.15) is 5.82 Å². The normalized spacial score (nSPS) is 18.2. The van der Waals surface area contributed by atoms with Crippen molar-refractivity contribution in [3.05, 3.63) is 22.3 Å². The van der Waals surface area contributed by atoms with Crippen molar-refractivity contribution in [2.75, 3.05) is 11.9 Å². The van der Waals surface area contributed by atoms with Gasteiger partial charge >= 0.3 is 12.4 Å². The van der Waals surface area contributed by atoms with Crippen LogP contribution in [0.2, 0.25) is 0 Å². The zero-order chi connectivity index (χ0) is 15.9. The Morgan fingerprint density at radius 2 is 1.81 bits per heavy atom. The van der Waals surface area contributed by atoms with E-state index in [1.165, 1.54) is 0 Å². The lowest BCUT2D eigenvalue weighted by Gasteiger charge is -2.43. The van der Waals surface area contributed by atoms with Crippen molar-refractivity contribution in [1.82, 2.24) is 4.98 Å². The molecule has 1 saturated carbocycles. The van der Waals surface area contributed by atoms with Crippen molar-refractivity contribution in [1.29, 1.82) is 0 Å². The largest absolute Gasteiger partial charge is 0.417 e. The first-order valence-corrected chi connectivity index (χ1v) is 6.88. The number of nitrogens with zero attached hydrogens (tertiary/aromatic N) is 1. The Hall–Kier alpha value is -0.990. The molecule has 0 radical (unpaired) electrons. The predicted octanol–water partition coefficient (Wildman–Crippen LogP) is 5.01. The van der Waals surface area contributed by atoms with E-state index in [-0.39, 0.29) is 23.1 Å². The highest BCUT2D eigenvalue weighted by atomic mass is 79.9. The molecule has 0 bridgehead atoms. The molecule has 2 rings (SSSR count). The van der Waals surface area contributed by atoms with E-state index in [1.807, 2.05) is 0 Å². The van der Waals surface area contributed by atoms with Gasteiger partial charge in [-0.2, -0.15) is 26.3 Å². The van der Waals surface area contributed by atoms with Gasteiger partial charge in [-0.05, 0) is 34.8 Å². The molecule has 1 aromatic heterocycles. The molecule has 0 saturated heterocycles. The molecule has 0 unspecified atom stereocenters. The monoisotopic (exact) mass is 376 g/mol. The van der Waals surface area contributed by atoms with Crippen LogP contribution in [0, 0.1) is 5.41 Å². The Balaban J connectivity index is 2.14. The number of nitrogens with one attached hydrogen (secondary N) is 1. The lowest BCUT2D eigenvalue weighted by atomic mass is 9.68. The van der Waals surface area contributed by atoms with E-state index in [0.29, 0.717) is 12.5 Å². The molecule has 118 valence electrons. The molecule has 1 aromatic rings. The summed E-state index contributed by atoms with van der Waals surface area (Å²) in [6, 6.07) is 0.701. The van der Waals surface area contributed by atoms with Gasteiger partial charge in [-0.3, -0.25) is 0 Å². The Kier molecular flexibility index (Phi) is 4.16. The summed E-state index contributed by atoms with van der Waals surface area (Å²) in [7, 11) is 0. The summed E-state index contributed by atoms with van der Waals surface area (Å²) in [5.41, 5.74) is -2.84. The summed E-state index contributed by atoms with van der Waals surface area (Å²) in [6.45, 7) is -0.470. The molecular weight excluding hydrogens is 366 g/mol. The van der Waals surface area contributed by atoms with Crippen LogP contribution in [0.25, 0.3) is 0 Å². The van der Waals surface area contributed by atoms with Gasteiger partial charge in [0.25, 0.3) is 0 Å². The molecule has 2 nitrogen and oxygen atoms in total. The van der Waals surface area contributed by atoms with Crippen molar-refractivity contribution in [3.63, 3.8) is 0 Å². The SMILES string of the molecule is FC(F)(F)c1cc(NCC2(C(F)(F)F)CCC2)ncc1Br. The molecule has 0 aromatic carbocycles. The fraction of sp³-hybridized carbons (Fsp3) is 0.583. The first-order chi connectivity index (χ1) is 9.55. The number of alkyl halides is 6. The van der Waals surface area contributed by atoms with E-state index < -0.39 is 29.9 Å². The lowest BCUT2D eigenvalue weighted by Crippen LogP contribution is -2.48. The number of aromatic nitrogens is 1. The standard InChI is InChI=1S/C12H11BrF6N2/c13-8-5-20-9(4-7(8)11(14,15)16)21-6-10(2-1-3-10)12(17,18)19/h4-5H,1-3,6H2,(H,20,21). The maximum absolute atomic E-state index is 12.9. The Labute approximate surface area is 125 Å². The molecule has 1 heterocycles. The summed E-state index contributed by atoms with van der Waals surface area (Å²) in [4.78, 5) is 3.67. The zero-order valence-electron chi connectivity index (χ0n) is 10.6. The number of hydrogen-bond acceptors (Lipinski definition) is 2. The molecule has 0 atom stereocenters. The van der Waals surface area contributed by atoms with Crippen molar-refractivity contribution >= 4 is 21.7 Å². The van der Waals surface area contributed by atoms with E-state index in [2.05, 4.69) is 26.2 Å². The van der Waals surface area contributed by atoms with Crippen molar-refractivity contribution in [3.8, 4) is 0 Å². The van der Waals surface area contributed by atoms with Crippen LogP contribution < -0.4 is 5.32 Å². The summed E-state index contributed by atoms with van der Waals surface area (Å²) in [6.07, 6.45) is -7.63. The van der Waals surface area contributed by atoms with E-state index in [0.717, 1.165) is 6.20 Å². The number of rotatable bonds is 3. The zero-order valence-corrected chi connectivity index (χ0v) is 12.2. The summed E-state index contributed by atoms with van der Waals surface area (Å²) in [5.74, 6) is -0.221. The van der Waals surface area contributed by atoms with Gasteiger partial charge < -0.3 is 5.32 Å². The molecule has 1 fully saturated rings. The Bertz CT molecular complexity index is 521. The first kappa shape index (κ1) is 16.4. The van der Waals surface area contributed by atoms with Crippen LogP contribution in [0.4, 0.5) is 32.2 Å². The van der Waals surface area contributed by atoms with Gasteiger partial charge in [0.15, 0.2) is 0 Å². The number of pyridine rings is 1. The number of hydrogen-bond donors (Lipinski definition) is 1. The van der Waals surface area contributed by atoms with Gasteiger partial charge in [0.05, 0.1) is 11.0 Å². The fourth-order valence-electron chi connectivity index (χ4n) is 2.18. The van der Waals surface area contributed by atoms with Crippen molar-refractivity contribution < 1.29 is 26.3 Å². The van der Waals surface area contributed by atoms with E-state index in [4.69, 9.17) is 0 Å². The van der Waals surface area contributed by atoms with Gasteiger partial charge in [-0.1, -0.05) is 6.42 Å². The van der Waals surface area contributed by atoms with Crippen LogP contribution in [-0.2, 0) is 6.18 Å². The highest BCUT2D eigenvalue weighted by Gasteiger charge is 2.57. The van der Waals surface area contributed by atoms with Gasteiger partial charge in [0, 0.05) is 17.2 Å². The average Bonchev–Trinajstić information content (AvgIpc) is 2.26. The summed E-state index contributed by atoms with van der Waals surface area (Å²) in [5, 5.41) is 2.38. The average molecular weight is 377 g/mol. The molecular formula is C12H11BrF6N2. The minimum Gasteiger partial charge on any atom is -0.369 e. The van der Waals surface area contributed by atoms with E-state index in [9.17, 15) is 26.3 Å². The van der Waals surface area contributed by atoms with Crippen LogP contribution in [0.3, 0.4) is 0 Å². The summed E-state index contributed by atoms with van der Waals surface area (Å²) >= 11 is 2.72. The fourth-order valence-corrected chi connectivity index (χ4v) is 2.62. The van der Waals surface area contributed by atoms with Crippen LogP contribution in [0.1, 0.15) is 24.8 Å². The summed E-state index contributed by atoms with van der Waals surface area (Å²) < 4.78 is 76.7. The van der Waals surface area contributed by atoms with Crippen LogP contribution in [-0.4, -0.2) is 17.7 Å². The number of anilines is 1. The number of halogens is 7. The molecule has 1 aliphatic carbocycles. The highest BCUT2D eigenvalue weighted by molar-refractivity contribution is 9.10. The Morgan fingerprint density at radius 1 is 1.19 bits per heavy atom. The van der Waals surface area contributed by atoms with Gasteiger partial charge in [-0.25, -0.2) is 4.98 Å². The van der Waals surface area contributed by atoms with Crippen LogP contribution >= 0.6 is 15.9 Å². The van der Waals surface area contributed by atoms with E-state index >= 15 is 0 Å². The maximum atomic E-state index is 12.9. The topological polar surface area (TPSA) is 24.9 Å². The third kappa shape index (κ3) is 3.27.